The van der Waals surface area contributed by atoms with Gasteiger partial charge in [-0.25, -0.2) is 17.6 Å². The molecule has 0 unspecified atom stereocenters. The fourth-order valence-corrected chi connectivity index (χ4v) is 5.00. The molecule has 2 aliphatic heterocycles. The van der Waals surface area contributed by atoms with Crippen molar-refractivity contribution < 1.29 is 27.1 Å². The number of esters is 1. The Morgan fingerprint density at radius 1 is 1.00 bits per heavy atom. The van der Waals surface area contributed by atoms with Gasteiger partial charge in [0.1, 0.15) is 5.82 Å². The number of cyclic esters (lactones) is 1. The van der Waals surface area contributed by atoms with E-state index in [1.807, 2.05) is 0 Å². The van der Waals surface area contributed by atoms with Gasteiger partial charge in [0.15, 0.2) is 6.10 Å². The molecule has 1 saturated heterocycles. The van der Waals surface area contributed by atoms with Crippen molar-refractivity contribution in [3.63, 3.8) is 0 Å². The third kappa shape index (κ3) is 3.75. The van der Waals surface area contributed by atoms with Crippen LogP contribution in [0.4, 0.5) is 4.39 Å². The Bertz CT molecular complexity index is 1050. The summed E-state index contributed by atoms with van der Waals surface area (Å²) in [6.45, 7) is 0.606. The average molecular weight is 418 g/mol. The maximum absolute atomic E-state index is 13.1. The Morgan fingerprint density at radius 3 is 2.34 bits per heavy atom. The van der Waals surface area contributed by atoms with Crippen LogP contribution < -0.4 is 0 Å². The molecule has 0 spiro atoms. The Morgan fingerprint density at radius 2 is 1.66 bits per heavy atom. The molecule has 1 amide bonds. The second-order valence-electron chi connectivity index (χ2n) is 6.94. The fourth-order valence-electron chi connectivity index (χ4n) is 3.58. The monoisotopic (exact) mass is 418 g/mol. The van der Waals surface area contributed by atoms with Gasteiger partial charge in [0, 0.05) is 32.6 Å². The number of rotatable bonds is 3. The average Bonchev–Trinajstić information content (AvgIpc) is 2.73. The molecule has 0 radical (unpaired) electrons. The van der Waals surface area contributed by atoms with E-state index in [1.54, 1.807) is 24.3 Å². The van der Waals surface area contributed by atoms with Gasteiger partial charge < -0.3 is 9.64 Å². The number of fused-ring (bicyclic) bond motifs is 1. The van der Waals surface area contributed by atoms with E-state index in [9.17, 15) is 22.4 Å². The number of amides is 1. The largest absolute Gasteiger partial charge is 0.448 e. The number of nitrogens with zero attached hydrogens (tertiary/aromatic N) is 2. The van der Waals surface area contributed by atoms with Gasteiger partial charge in [-0.3, -0.25) is 4.79 Å². The molecule has 2 aromatic rings. The molecule has 152 valence electrons. The van der Waals surface area contributed by atoms with Crippen LogP contribution in [0.25, 0.3) is 0 Å². The highest BCUT2D eigenvalue weighted by Crippen LogP contribution is 2.23. The van der Waals surface area contributed by atoms with Crippen molar-refractivity contribution in [3.8, 4) is 0 Å². The number of sulfonamides is 1. The van der Waals surface area contributed by atoms with Crippen molar-refractivity contribution in [3.05, 3.63) is 65.5 Å². The zero-order valence-electron chi connectivity index (χ0n) is 15.5. The number of hydrogen-bond acceptors (Lipinski definition) is 5. The molecule has 0 saturated carbocycles. The molecule has 2 aromatic carbocycles. The SMILES string of the molecule is O=C1O[C@H](C(=O)N2CCN(S(=O)(=O)c3ccc(F)cc3)CC2)Cc2ccccc21. The van der Waals surface area contributed by atoms with Crippen LogP contribution in [0.5, 0.6) is 0 Å². The zero-order chi connectivity index (χ0) is 20.6. The van der Waals surface area contributed by atoms with Gasteiger partial charge in [-0.15, -0.1) is 0 Å². The third-order valence-corrected chi connectivity index (χ3v) is 7.08. The molecular weight excluding hydrogens is 399 g/mol. The van der Waals surface area contributed by atoms with Crippen LogP contribution in [0, 0.1) is 5.82 Å². The minimum atomic E-state index is -3.76. The first-order valence-corrected chi connectivity index (χ1v) is 10.6. The number of ether oxygens (including phenoxy) is 1. The summed E-state index contributed by atoms with van der Waals surface area (Å²) < 4.78 is 45.0. The van der Waals surface area contributed by atoms with Gasteiger partial charge in [-0.2, -0.15) is 4.31 Å². The molecule has 2 aliphatic rings. The first-order valence-electron chi connectivity index (χ1n) is 9.19. The highest BCUT2D eigenvalue weighted by Gasteiger charge is 2.36. The predicted molar refractivity (Wildman–Crippen MR) is 101 cm³/mol. The first kappa shape index (κ1) is 19.5. The molecule has 7 nitrogen and oxygen atoms in total. The van der Waals surface area contributed by atoms with E-state index >= 15 is 0 Å². The Hall–Kier alpha value is -2.78. The lowest BCUT2D eigenvalue weighted by atomic mass is 9.98. The molecule has 1 atom stereocenters. The van der Waals surface area contributed by atoms with Crippen molar-refractivity contribution in [2.24, 2.45) is 0 Å². The molecule has 4 rings (SSSR count). The lowest BCUT2D eigenvalue weighted by Crippen LogP contribution is -2.54. The van der Waals surface area contributed by atoms with Crippen molar-refractivity contribution in [1.82, 2.24) is 9.21 Å². The van der Waals surface area contributed by atoms with Gasteiger partial charge in [0.05, 0.1) is 10.5 Å². The second-order valence-corrected chi connectivity index (χ2v) is 8.88. The van der Waals surface area contributed by atoms with Crippen molar-refractivity contribution >= 4 is 21.9 Å². The van der Waals surface area contributed by atoms with Crippen molar-refractivity contribution in [2.45, 2.75) is 17.4 Å². The molecule has 0 aliphatic carbocycles. The molecule has 2 heterocycles. The highest BCUT2D eigenvalue weighted by atomic mass is 32.2. The van der Waals surface area contributed by atoms with E-state index in [0.29, 0.717) is 12.0 Å². The quantitative estimate of drug-likeness (QED) is 0.705. The van der Waals surface area contributed by atoms with E-state index in [4.69, 9.17) is 4.74 Å². The highest BCUT2D eigenvalue weighted by molar-refractivity contribution is 7.89. The van der Waals surface area contributed by atoms with E-state index < -0.39 is 27.9 Å². The summed E-state index contributed by atoms with van der Waals surface area (Å²) in [5, 5.41) is 0. The number of carbonyl (C=O) groups is 2. The predicted octanol–water partition coefficient (Wildman–Crippen LogP) is 1.44. The zero-order valence-corrected chi connectivity index (χ0v) is 16.3. The van der Waals surface area contributed by atoms with Gasteiger partial charge in [-0.1, -0.05) is 18.2 Å². The Kier molecular flexibility index (Phi) is 5.10. The maximum atomic E-state index is 13.1. The summed E-state index contributed by atoms with van der Waals surface area (Å²) in [6.07, 6.45) is -0.605. The second kappa shape index (κ2) is 7.57. The summed E-state index contributed by atoms with van der Waals surface area (Å²) in [5.41, 5.74) is 1.23. The van der Waals surface area contributed by atoms with E-state index in [2.05, 4.69) is 0 Å². The van der Waals surface area contributed by atoms with Gasteiger partial charge in [0.25, 0.3) is 5.91 Å². The van der Waals surface area contributed by atoms with Crippen molar-refractivity contribution in [2.75, 3.05) is 26.2 Å². The number of benzene rings is 2. The molecule has 0 bridgehead atoms. The number of piperazine rings is 1. The van der Waals surface area contributed by atoms with E-state index in [0.717, 1.165) is 17.7 Å². The number of carbonyl (C=O) groups excluding carboxylic acids is 2. The lowest BCUT2D eigenvalue weighted by Gasteiger charge is -2.36. The summed E-state index contributed by atoms with van der Waals surface area (Å²) >= 11 is 0. The number of hydrogen-bond donors (Lipinski definition) is 0. The van der Waals surface area contributed by atoms with Crippen molar-refractivity contribution in [1.29, 1.82) is 0 Å². The Labute approximate surface area is 167 Å². The van der Waals surface area contributed by atoms with Crippen LogP contribution in [-0.2, 0) is 26.0 Å². The summed E-state index contributed by atoms with van der Waals surface area (Å²) in [4.78, 5) is 26.5. The Balaban J connectivity index is 1.41. The molecule has 0 N–H and O–H groups in total. The summed E-state index contributed by atoms with van der Waals surface area (Å²) in [7, 11) is -3.76. The molecule has 29 heavy (non-hydrogen) atoms. The van der Waals surface area contributed by atoms with Crippen LogP contribution in [-0.4, -0.2) is 61.8 Å². The minimum absolute atomic E-state index is 0.0106. The molecular formula is C20H19FN2O5S. The standard InChI is InChI=1S/C20H19FN2O5S/c21-15-5-7-16(8-6-15)29(26,27)23-11-9-22(10-12-23)19(24)18-13-14-3-1-2-4-17(14)20(25)28-18/h1-8,18H,9-13H2/t18-/m0/s1. The molecule has 0 aromatic heterocycles. The minimum Gasteiger partial charge on any atom is -0.448 e. The topological polar surface area (TPSA) is 84.0 Å². The van der Waals surface area contributed by atoms with Crippen LogP contribution in [0.2, 0.25) is 0 Å². The molecule has 9 heteroatoms. The molecule has 1 fully saturated rings. The maximum Gasteiger partial charge on any atom is 0.339 e. The van der Waals surface area contributed by atoms with Gasteiger partial charge in [0.2, 0.25) is 10.0 Å². The normalized spacial score (nSPS) is 20.1. The van der Waals surface area contributed by atoms with Crippen LogP contribution in [0.3, 0.4) is 0 Å². The van der Waals surface area contributed by atoms with Crippen LogP contribution in [0.1, 0.15) is 15.9 Å². The lowest BCUT2D eigenvalue weighted by molar-refractivity contribution is -0.142. The van der Waals surface area contributed by atoms with Crippen LogP contribution in [0.15, 0.2) is 53.4 Å². The first-order chi connectivity index (χ1) is 13.9. The van der Waals surface area contributed by atoms with E-state index in [-0.39, 0.29) is 37.0 Å². The summed E-state index contributed by atoms with van der Waals surface area (Å²) in [5.74, 6) is -1.36. The van der Waals surface area contributed by atoms with E-state index in [1.165, 1.54) is 21.3 Å². The third-order valence-electron chi connectivity index (χ3n) is 5.17. The van der Waals surface area contributed by atoms with Gasteiger partial charge >= 0.3 is 5.97 Å². The number of halogens is 1. The van der Waals surface area contributed by atoms with Gasteiger partial charge in [-0.05, 0) is 35.9 Å². The fraction of sp³-hybridized carbons (Fsp3) is 0.300. The smallest absolute Gasteiger partial charge is 0.339 e. The van der Waals surface area contributed by atoms with Crippen LogP contribution >= 0.6 is 0 Å². The summed E-state index contributed by atoms with van der Waals surface area (Å²) in [6, 6.07) is 11.6.